The average Bonchev–Trinajstić information content (AvgIpc) is 2.64. The Balaban J connectivity index is 2.06. The van der Waals surface area contributed by atoms with E-state index in [9.17, 15) is 13.2 Å². The van der Waals surface area contributed by atoms with E-state index in [0.29, 0.717) is 12.1 Å². The van der Waals surface area contributed by atoms with Gasteiger partial charge in [0, 0.05) is 10.2 Å². The van der Waals surface area contributed by atoms with Crippen LogP contribution in [-0.4, -0.2) is 25.8 Å². The molecule has 18 heavy (non-hydrogen) atoms. The summed E-state index contributed by atoms with van der Waals surface area (Å²) < 4.78 is 23.6. The number of carbonyl (C=O) groups is 1. The lowest BCUT2D eigenvalue weighted by molar-refractivity contribution is -0.119. The molecule has 0 saturated carbocycles. The van der Waals surface area contributed by atoms with Gasteiger partial charge >= 0.3 is 0 Å². The monoisotopic (exact) mass is 331 g/mol. The zero-order chi connectivity index (χ0) is 13.3. The predicted molar refractivity (Wildman–Crippen MR) is 74.3 cm³/mol. The van der Waals surface area contributed by atoms with Gasteiger partial charge in [0.05, 0.1) is 17.4 Å². The molecule has 0 radical (unpaired) electrons. The van der Waals surface area contributed by atoms with Crippen LogP contribution in [0.1, 0.15) is 12.0 Å². The molecule has 0 aliphatic carbocycles. The molecule has 0 bridgehead atoms. The van der Waals surface area contributed by atoms with E-state index in [1.165, 1.54) is 0 Å². The molecule has 1 aliphatic rings. The Morgan fingerprint density at radius 3 is 2.72 bits per heavy atom. The summed E-state index contributed by atoms with van der Waals surface area (Å²) in [6.45, 7) is 1.93. The van der Waals surface area contributed by atoms with Crippen LogP contribution in [0, 0.1) is 12.8 Å². The maximum atomic E-state index is 11.9. The van der Waals surface area contributed by atoms with Crippen LogP contribution in [0.4, 0.5) is 5.69 Å². The molecule has 0 aromatic heterocycles. The van der Waals surface area contributed by atoms with E-state index >= 15 is 0 Å². The first-order valence-corrected chi connectivity index (χ1v) is 8.26. The molecule has 1 saturated heterocycles. The highest BCUT2D eigenvalue weighted by atomic mass is 79.9. The SMILES string of the molecule is Cc1cc(NC(=O)[C@H]2CCS(=O)(=O)C2)ccc1Br. The topological polar surface area (TPSA) is 63.2 Å². The Hall–Kier alpha value is -0.880. The molecule has 1 heterocycles. The normalized spacial score (nSPS) is 21.8. The molecule has 6 heteroatoms. The maximum Gasteiger partial charge on any atom is 0.228 e. The Kier molecular flexibility index (Phi) is 3.77. The Labute approximate surface area is 115 Å². The van der Waals surface area contributed by atoms with E-state index in [4.69, 9.17) is 0 Å². The molecule has 98 valence electrons. The first-order valence-electron chi connectivity index (χ1n) is 5.65. The van der Waals surface area contributed by atoms with Crippen LogP contribution in [0.3, 0.4) is 0 Å². The van der Waals surface area contributed by atoms with Gasteiger partial charge in [0.25, 0.3) is 0 Å². The Morgan fingerprint density at radius 1 is 1.44 bits per heavy atom. The van der Waals surface area contributed by atoms with Gasteiger partial charge in [-0.3, -0.25) is 4.79 Å². The van der Waals surface area contributed by atoms with Crippen molar-refractivity contribution in [1.29, 1.82) is 0 Å². The molecule has 1 fully saturated rings. The summed E-state index contributed by atoms with van der Waals surface area (Å²) in [7, 11) is -3.02. The lowest BCUT2D eigenvalue weighted by Crippen LogP contribution is -2.23. The largest absolute Gasteiger partial charge is 0.326 e. The number of rotatable bonds is 2. The van der Waals surface area contributed by atoms with Crippen LogP contribution in [0.25, 0.3) is 0 Å². The minimum atomic E-state index is -3.02. The van der Waals surface area contributed by atoms with Crippen molar-refractivity contribution < 1.29 is 13.2 Å². The van der Waals surface area contributed by atoms with Gasteiger partial charge in [0.1, 0.15) is 0 Å². The summed E-state index contributed by atoms with van der Waals surface area (Å²) in [5.41, 5.74) is 1.72. The summed E-state index contributed by atoms with van der Waals surface area (Å²) in [4.78, 5) is 11.9. The van der Waals surface area contributed by atoms with E-state index in [-0.39, 0.29) is 17.4 Å². The minimum absolute atomic E-state index is 0.0334. The first-order chi connectivity index (χ1) is 8.37. The van der Waals surface area contributed by atoms with Crippen molar-refractivity contribution in [2.75, 3.05) is 16.8 Å². The summed E-state index contributed by atoms with van der Waals surface area (Å²) in [6.07, 6.45) is 0.420. The fourth-order valence-electron chi connectivity index (χ4n) is 1.97. The van der Waals surface area contributed by atoms with Gasteiger partial charge in [0.2, 0.25) is 5.91 Å². The molecule has 0 spiro atoms. The third-order valence-corrected chi connectivity index (χ3v) is 5.69. The second-order valence-electron chi connectivity index (χ2n) is 4.55. The lowest BCUT2D eigenvalue weighted by atomic mass is 10.1. The molecule has 1 aliphatic heterocycles. The van der Waals surface area contributed by atoms with Gasteiger partial charge in [-0.25, -0.2) is 8.42 Å². The zero-order valence-electron chi connectivity index (χ0n) is 9.94. The van der Waals surface area contributed by atoms with E-state index < -0.39 is 15.8 Å². The number of sulfone groups is 1. The highest BCUT2D eigenvalue weighted by Gasteiger charge is 2.32. The van der Waals surface area contributed by atoms with Crippen molar-refractivity contribution in [2.24, 2.45) is 5.92 Å². The maximum absolute atomic E-state index is 11.9. The summed E-state index contributed by atoms with van der Waals surface area (Å²) >= 11 is 3.38. The van der Waals surface area contributed by atoms with Crippen LogP contribution >= 0.6 is 15.9 Å². The Morgan fingerprint density at radius 2 is 2.17 bits per heavy atom. The number of benzene rings is 1. The smallest absolute Gasteiger partial charge is 0.228 e. The molecular weight excluding hydrogens is 318 g/mol. The van der Waals surface area contributed by atoms with Gasteiger partial charge in [0.15, 0.2) is 9.84 Å². The van der Waals surface area contributed by atoms with Crippen LogP contribution < -0.4 is 5.32 Å². The van der Waals surface area contributed by atoms with Crippen LogP contribution in [-0.2, 0) is 14.6 Å². The number of anilines is 1. The molecule has 1 amide bonds. The molecular formula is C12H14BrNO3S. The number of carbonyl (C=O) groups excluding carboxylic acids is 1. The molecule has 1 aromatic carbocycles. The summed E-state index contributed by atoms with van der Waals surface area (Å²) in [5, 5.41) is 2.77. The Bertz CT molecular complexity index is 583. The predicted octanol–water partition coefficient (Wildman–Crippen LogP) is 2.13. The number of hydrogen-bond acceptors (Lipinski definition) is 3. The van der Waals surface area contributed by atoms with Crippen LogP contribution in [0.15, 0.2) is 22.7 Å². The number of hydrogen-bond donors (Lipinski definition) is 1. The summed E-state index contributed by atoms with van der Waals surface area (Å²) in [5.74, 6) is -0.546. The third kappa shape index (κ3) is 3.11. The fourth-order valence-corrected chi connectivity index (χ4v) is 3.96. The third-order valence-electron chi connectivity index (χ3n) is 3.03. The van der Waals surface area contributed by atoms with Crippen LogP contribution in [0.5, 0.6) is 0 Å². The average molecular weight is 332 g/mol. The number of aryl methyl sites for hydroxylation is 1. The van der Waals surface area contributed by atoms with E-state index in [2.05, 4.69) is 21.2 Å². The highest BCUT2D eigenvalue weighted by Crippen LogP contribution is 2.23. The number of nitrogens with one attached hydrogen (secondary N) is 1. The van der Waals surface area contributed by atoms with Gasteiger partial charge in [-0.05, 0) is 37.1 Å². The molecule has 4 nitrogen and oxygen atoms in total. The van der Waals surface area contributed by atoms with Crippen molar-refractivity contribution in [3.63, 3.8) is 0 Å². The quantitative estimate of drug-likeness (QED) is 0.902. The molecule has 1 atom stereocenters. The second-order valence-corrected chi connectivity index (χ2v) is 7.64. The highest BCUT2D eigenvalue weighted by molar-refractivity contribution is 9.10. The van der Waals surface area contributed by atoms with E-state index in [1.807, 2.05) is 19.1 Å². The van der Waals surface area contributed by atoms with E-state index in [1.54, 1.807) is 6.07 Å². The fraction of sp³-hybridized carbons (Fsp3) is 0.417. The van der Waals surface area contributed by atoms with Gasteiger partial charge < -0.3 is 5.32 Å². The van der Waals surface area contributed by atoms with Gasteiger partial charge in [-0.15, -0.1) is 0 Å². The molecule has 2 rings (SSSR count). The summed E-state index contributed by atoms with van der Waals surface area (Å²) in [6, 6.07) is 5.50. The minimum Gasteiger partial charge on any atom is -0.326 e. The number of halogens is 1. The van der Waals surface area contributed by atoms with E-state index in [0.717, 1.165) is 10.0 Å². The standard InChI is InChI=1S/C12H14BrNO3S/c1-8-6-10(2-3-11(8)13)14-12(15)9-4-5-18(16,17)7-9/h2-3,6,9H,4-5,7H2,1H3,(H,14,15)/t9-/m0/s1. The molecule has 0 unspecified atom stereocenters. The zero-order valence-corrected chi connectivity index (χ0v) is 12.3. The van der Waals surface area contributed by atoms with Crippen molar-refractivity contribution in [2.45, 2.75) is 13.3 Å². The number of amides is 1. The lowest BCUT2D eigenvalue weighted by Gasteiger charge is -2.10. The molecule has 1 aromatic rings. The van der Waals surface area contributed by atoms with Crippen LogP contribution in [0.2, 0.25) is 0 Å². The van der Waals surface area contributed by atoms with Gasteiger partial charge in [-0.2, -0.15) is 0 Å². The second kappa shape index (κ2) is 5.01. The van der Waals surface area contributed by atoms with Crippen molar-refractivity contribution in [3.05, 3.63) is 28.2 Å². The molecule has 1 N–H and O–H groups in total. The van der Waals surface area contributed by atoms with Gasteiger partial charge in [-0.1, -0.05) is 15.9 Å². The van der Waals surface area contributed by atoms with Crippen molar-refractivity contribution in [1.82, 2.24) is 0 Å². The van der Waals surface area contributed by atoms with Crippen molar-refractivity contribution in [3.8, 4) is 0 Å². The first kappa shape index (κ1) is 13.5. The van der Waals surface area contributed by atoms with Crippen molar-refractivity contribution >= 4 is 37.4 Å².